The minimum absolute atomic E-state index is 0.0123. The molecule has 3 atom stereocenters. The molecule has 4 amide bonds. The maximum Gasteiger partial charge on any atom is 0.408 e. The second-order valence-electron chi connectivity index (χ2n) is 12.5. The molecule has 0 heterocycles. The molecule has 0 aliphatic rings. The van der Waals surface area contributed by atoms with Gasteiger partial charge in [-0.15, -0.1) is 0 Å². The Labute approximate surface area is 271 Å². The van der Waals surface area contributed by atoms with Crippen molar-refractivity contribution >= 4 is 30.0 Å². The van der Waals surface area contributed by atoms with Crippen LogP contribution >= 0.6 is 0 Å². The van der Waals surface area contributed by atoms with Crippen molar-refractivity contribution in [3.8, 4) is 0 Å². The molecule has 46 heavy (non-hydrogen) atoms. The lowest BCUT2D eigenvalue weighted by molar-refractivity contribution is -0.142. The first-order valence-corrected chi connectivity index (χ1v) is 15.5. The zero-order chi connectivity index (χ0) is 34.1. The predicted molar refractivity (Wildman–Crippen MR) is 173 cm³/mol. The minimum Gasteiger partial charge on any atom is -0.480 e. The van der Waals surface area contributed by atoms with Crippen molar-refractivity contribution in [1.82, 2.24) is 21.3 Å². The fraction of sp³-hybridized carbons (Fsp3) is 0.500. The Bertz CT molecular complexity index is 1260. The van der Waals surface area contributed by atoms with Gasteiger partial charge in [-0.1, -0.05) is 74.5 Å². The summed E-state index contributed by atoms with van der Waals surface area (Å²) in [5.74, 6) is -2.49. The number of amides is 4. The van der Waals surface area contributed by atoms with E-state index in [2.05, 4.69) is 21.3 Å². The van der Waals surface area contributed by atoms with Crippen molar-refractivity contribution in [2.75, 3.05) is 6.54 Å². The molecule has 2 rings (SSSR count). The maximum absolute atomic E-state index is 13.5. The lowest BCUT2D eigenvalue weighted by Crippen LogP contribution is -2.56. The molecule has 0 aromatic heterocycles. The average molecular weight is 641 g/mol. The highest BCUT2D eigenvalue weighted by atomic mass is 16.6. The Morgan fingerprint density at radius 2 is 1.30 bits per heavy atom. The topological polar surface area (TPSA) is 172 Å². The van der Waals surface area contributed by atoms with Crippen LogP contribution in [0.5, 0.6) is 0 Å². The van der Waals surface area contributed by atoms with Crippen molar-refractivity contribution < 1.29 is 38.6 Å². The van der Waals surface area contributed by atoms with Crippen LogP contribution in [0, 0.1) is 5.92 Å². The highest BCUT2D eigenvalue weighted by Gasteiger charge is 2.30. The van der Waals surface area contributed by atoms with Crippen LogP contribution in [-0.2, 0) is 36.9 Å². The molecule has 0 saturated carbocycles. The van der Waals surface area contributed by atoms with E-state index in [1.807, 2.05) is 74.5 Å². The Hall–Kier alpha value is -4.61. The van der Waals surface area contributed by atoms with E-state index in [9.17, 15) is 29.1 Å². The van der Waals surface area contributed by atoms with Crippen molar-refractivity contribution in [3.63, 3.8) is 0 Å². The number of carboxylic acid groups (broad SMARTS) is 1. The molecule has 2 aromatic rings. The zero-order valence-corrected chi connectivity index (χ0v) is 27.3. The van der Waals surface area contributed by atoms with E-state index < -0.39 is 53.7 Å². The first kappa shape index (κ1) is 37.6. The molecule has 0 saturated heterocycles. The van der Waals surface area contributed by atoms with E-state index in [-0.39, 0.29) is 38.3 Å². The maximum atomic E-state index is 13.5. The molecule has 0 spiro atoms. The fourth-order valence-electron chi connectivity index (χ4n) is 4.45. The van der Waals surface area contributed by atoms with Gasteiger partial charge in [0.25, 0.3) is 0 Å². The number of benzene rings is 2. The van der Waals surface area contributed by atoms with Gasteiger partial charge in [-0.25, -0.2) is 14.4 Å². The van der Waals surface area contributed by atoms with Gasteiger partial charge in [0.15, 0.2) is 0 Å². The molecule has 12 heteroatoms. The van der Waals surface area contributed by atoms with E-state index >= 15 is 0 Å². The lowest BCUT2D eigenvalue weighted by atomic mass is 10.0. The van der Waals surface area contributed by atoms with Crippen LogP contribution in [0.4, 0.5) is 9.59 Å². The normalized spacial score (nSPS) is 13.1. The number of carboxylic acids is 1. The number of rotatable bonds is 17. The molecule has 5 N–H and O–H groups in total. The van der Waals surface area contributed by atoms with E-state index in [0.29, 0.717) is 12.8 Å². The fourth-order valence-corrected chi connectivity index (χ4v) is 4.45. The summed E-state index contributed by atoms with van der Waals surface area (Å²) in [5, 5.41) is 20.3. The van der Waals surface area contributed by atoms with E-state index in [1.54, 1.807) is 20.8 Å². The van der Waals surface area contributed by atoms with Crippen LogP contribution in [0.25, 0.3) is 0 Å². The molecule has 12 nitrogen and oxygen atoms in total. The molecular formula is C34H48N4O8. The summed E-state index contributed by atoms with van der Waals surface area (Å²) in [5.41, 5.74) is 0.930. The third-order valence-corrected chi connectivity index (χ3v) is 6.65. The number of nitrogens with one attached hydrogen (secondary N) is 4. The van der Waals surface area contributed by atoms with Crippen molar-refractivity contribution in [1.29, 1.82) is 0 Å². The molecule has 2 aromatic carbocycles. The van der Waals surface area contributed by atoms with Crippen LogP contribution in [-0.4, -0.2) is 65.3 Å². The third kappa shape index (κ3) is 15.4. The standard InChI is InChI=1S/C34H48N4O8/c1-23(2)20-27(29(39)36-26(31(41)42)18-12-13-19-35-32(43)46-34(3,4)5)37-30(40)28(21-24-14-8-6-9-15-24)38-33(44)45-22-25-16-10-7-11-17-25/h6-11,14-17,23,26-28H,12-13,18-22H2,1-5H3,(H,35,43)(H,36,39)(H,37,40)(H,38,44)(H,41,42)/t26-,27-,28-/m1/s1. The number of hydrogen-bond acceptors (Lipinski definition) is 7. The molecular weight excluding hydrogens is 592 g/mol. The lowest BCUT2D eigenvalue weighted by Gasteiger charge is -2.25. The Kier molecular flexibility index (Phi) is 15.5. The smallest absolute Gasteiger partial charge is 0.408 e. The van der Waals surface area contributed by atoms with Crippen LogP contribution in [0.3, 0.4) is 0 Å². The minimum atomic E-state index is -1.21. The molecule has 0 fully saturated rings. The SMILES string of the molecule is CC(C)C[C@@H](NC(=O)[C@@H](Cc1ccccc1)NC(=O)OCc1ccccc1)C(=O)N[C@H](CCCCNC(=O)OC(C)(C)C)C(=O)O. The summed E-state index contributed by atoms with van der Waals surface area (Å²) in [6, 6.07) is 14.9. The van der Waals surface area contributed by atoms with Gasteiger partial charge in [0.05, 0.1) is 0 Å². The summed E-state index contributed by atoms with van der Waals surface area (Å²) in [4.78, 5) is 63.3. The summed E-state index contributed by atoms with van der Waals surface area (Å²) < 4.78 is 10.5. The van der Waals surface area contributed by atoms with Gasteiger partial charge in [-0.2, -0.15) is 0 Å². The molecule has 0 bridgehead atoms. The van der Waals surface area contributed by atoms with Crippen molar-refractivity contribution in [3.05, 3.63) is 71.8 Å². The largest absolute Gasteiger partial charge is 0.480 e. The van der Waals surface area contributed by atoms with E-state index in [4.69, 9.17) is 9.47 Å². The van der Waals surface area contributed by atoms with Gasteiger partial charge < -0.3 is 35.8 Å². The molecule has 0 aliphatic carbocycles. The number of carbonyl (C=O) groups excluding carboxylic acids is 4. The third-order valence-electron chi connectivity index (χ3n) is 6.65. The first-order chi connectivity index (χ1) is 21.7. The first-order valence-electron chi connectivity index (χ1n) is 15.5. The number of aliphatic carboxylic acids is 1. The van der Waals surface area contributed by atoms with Crippen LogP contribution in [0.15, 0.2) is 60.7 Å². The Morgan fingerprint density at radius 1 is 0.739 bits per heavy atom. The van der Waals surface area contributed by atoms with Crippen LogP contribution in [0.1, 0.15) is 71.4 Å². The van der Waals surface area contributed by atoms with Gasteiger partial charge in [-0.05, 0) is 63.5 Å². The van der Waals surface area contributed by atoms with Gasteiger partial charge in [-0.3, -0.25) is 9.59 Å². The Balaban J connectivity index is 2.04. The van der Waals surface area contributed by atoms with Crippen molar-refractivity contribution in [2.24, 2.45) is 5.92 Å². The van der Waals surface area contributed by atoms with E-state index in [1.165, 1.54) is 0 Å². The average Bonchev–Trinajstić information content (AvgIpc) is 2.98. The molecule has 0 radical (unpaired) electrons. The highest BCUT2D eigenvalue weighted by Crippen LogP contribution is 2.11. The second kappa shape index (κ2) is 19.0. The number of hydrogen-bond donors (Lipinski definition) is 5. The predicted octanol–water partition coefficient (Wildman–Crippen LogP) is 4.32. The summed E-state index contributed by atoms with van der Waals surface area (Å²) in [7, 11) is 0. The van der Waals surface area contributed by atoms with Gasteiger partial charge in [0.1, 0.15) is 30.3 Å². The van der Waals surface area contributed by atoms with E-state index in [0.717, 1.165) is 11.1 Å². The number of carbonyl (C=O) groups is 5. The van der Waals surface area contributed by atoms with Crippen molar-refractivity contribution in [2.45, 2.75) is 97.1 Å². The summed E-state index contributed by atoms with van der Waals surface area (Å²) in [6.07, 6.45) is 0.00789. The number of alkyl carbamates (subject to hydrolysis) is 2. The highest BCUT2D eigenvalue weighted by molar-refractivity contribution is 5.93. The van der Waals surface area contributed by atoms with Gasteiger partial charge in [0, 0.05) is 13.0 Å². The van der Waals surface area contributed by atoms with Crippen LogP contribution < -0.4 is 21.3 Å². The monoisotopic (exact) mass is 640 g/mol. The number of unbranched alkanes of at least 4 members (excludes halogenated alkanes) is 1. The molecule has 0 unspecified atom stereocenters. The molecule has 252 valence electrons. The summed E-state index contributed by atoms with van der Waals surface area (Å²) >= 11 is 0. The molecule has 0 aliphatic heterocycles. The Morgan fingerprint density at radius 3 is 1.87 bits per heavy atom. The van der Waals surface area contributed by atoms with Gasteiger partial charge >= 0.3 is 18.2 Å². The number of ether oxygens (including phenoxy) is 2. The quantitative estimate of drug-likeness (QED) is 0.159. The second-order valence-corrected chi connectivity index (χ2v) is 12.5. The van der Waals surface area contributed by atoms with Crippen LogP contribution in [0.2, 0.25) is 0 Å². The zero-order valence-electron chi connectivity index (χ0n) is 27.3. The van der Waals surface area contributed by atoms with Gasteiger partial charge in [0.2, 0.25) is 11.8 Å². The summed E-state index contributed by atoms with van der Waals surface area (Å²) in [6.45, 7) is 9.30.